The quantitative estimate of drug-likeness (QED) is 0.222. The van der Waals surface area contributed by atoms with Crippen molar-refractivity contribution in [2.45, 2.75) is 6.92 Å². The number of fused-ring (bicyclic) bond motifs is 3. The van der Waals surface area contributed by atoms with Gasteiger partial charge in [0, 0.05) is 10.8 Å². The van der Waals surface area contributed by atoms with Crippen LogP contribution in [0.5, 0.6) is 0 Å². The zero-order chi connectivity index (χ0) is 17.1. The summed E-state index contributed by atoms with van der Waals surface area (Å²) in [5.41, 5.74) is 6.74. The molecule has 0 radical (unpaired) electrons. The molecule has 3 rings (SSSR count). The first kappa shape index (κ1) is 15.2. The van der Waals surface area contributed by atoms with E-state index in [9.17, 15) is 9.59 Å². The normalized spacial score (nSPS) is 10.4. The minimum atomic E-state index is -0.988. The van der Waals surface area contributed by atoms with Gasteiger partial charge in [-0.3, -0.25) is 10.1 Å². The summed E-state index contributed by atoms with van der Waals surface area (Å²) >= 11 is 0. The van der Waals surface area contributed by atoms with Crippen molar-refractivity contribution in [2.24, 2.45) is 0 Å². The second kappa shape index (κ2) is 6.18. The SMILES string of the molecule is CCOC(=O)C(=[N+]=N)C(=O)Nc1nn2nnnc2c2ccccc12. The molecule has 120 valence electrons. The van der Waals surface area contributed by atoms with Crippen molar-refractivity contribution in [3.8, 4) is 0 Å². The second-order valence-electron chi connectivity index (χ2n) is 4.52. The van der Waals surface area contributed by atoms with Crippen molar-refractivity contribution in [1.29, 1.82) is 5.53 Å². The van der Waals surface area contributed by atoms with Gasteiger partial charge in [0.15, 0.2) is 5.82 Å². The average Bonchev–Trinajstić information content (AvgIpc) is 3.04. The molecule has 1 aromatic carbocycles. The molecule has 24 heavy (non-hydrogen) atoms. The number of benzene rings is 1. The van der Waals surface area contributed by atoms with E-state index in [-0.39, 0.29) is 12.4 Å². The van der Waals surface area contributed by atoms with Crippen LogP contribution in [0.4, 0.5) is 5.82 Å². The number of carbonyl (C=O) groups excluding carboxylic acids is 2. The van der Waals surface area contributed by atoms with Crippen molar-refractivity contribution in [3.05, 3.63) is 24.3 Å². The molecule has 0 saturated heterocycles. The van der Waals surface area contributed by atoms with E-state index < -0.39 is 17.6 Å². The summed E-state index contributed by atoms with van der Waals surface area (Å²) in [7, 11) is 0. The highest BCUT2D eigenvalue weighted by atomic mass is 16.5. The number of nitrogens with zero attached hydrogens (tertiary/aromatic N) is 6. The van der Waals surface area contributed by atoms with Crippen LogP contribution in [0, 0.1) is 5.53 Å². The lowest BCUT2D eigenvalue weighted by atomic mass is 10.2. The maximum absolute atomic E-state index is 12.2. The van der Waals surface area contributed by atoms with Crippen molar-refractivity contribution in [3.63, 3.8) is 0 Å². The minimum Gasteiger partial charge on any atom is -0.457 e. The predicted octanol–water partition coefficient (Wildman–Crippen LogP) is -0.146. The van der Waals surface area contributed by atoms with Crippen LogP contribution in [-0.4, -0.2) is 54.2 Å². The molecule has 0 aliphatic carbocycles. The fraction of sp³-hybridized carbons (Fsp3) is 0.154. The molecule has 2 N–H and O–H groups in total. The molecule has 0 aliphatic heterocycles. The predicted molar refractivity (Wildman–Crippen MR) is 79.3 cm³/mol. The highest BCUT2D eigenvalue weighted by Crippen LogP contribution is 2.23. The summed E-state index contributed by atoms with van der Waals surface area (Å²) in [6, 6.07) is 7.03. The van der Waals surface area contributed by atoms with Gasteiger partial charge in [0.25, 0.3) is 0 Å². The maximum Gasteiger partial charge on any atom is 0.512 e. The van der Waals surface area contributed by atoms with Gasteiger partial charge < -0.3 is 4.74 Å². The van der Waals surface area contributed by atoms with E-state index in [1.807, 2.05) is 0 Å². The number of hydrogen-bond donors (Lipinski definition) is 2. The van der Waals surface area contributed by atoms with Crippen LogP contribution in [0.1, 0.15) is 6.92 Å². The van der Waals surface area contributed by atoms with Gasteiger partial charge in [0.2, 0.25) is 5.65 Å². The molecule has 0 spiro atoms. The number of nitrogens with one attached hydrogen (secondary N) is 2. The molecule has 11 heteroatoms. The van der Waals surface area contributed by atoms with Crippen LogP contribution in [0.25, 0.3) is 16.4 Å². The van der Waals surface area contributed by atoms with Gasteiger partial charge in [0.05, 0.1) is 16.9 Å². The van der Waals surface area contributed by atoms with Crippen LogP contribution in [0.15, 0.2) is 24.3 Å². The van der Waals surface area contributed by atoms with E-state index in [0.29, 0.717) is 16.4 Å². The third kappa shape index (κ3) is 2.55. The average molecular weight is 327 g/mol. The van der Waals surface area contributed by atoms with E-state index >= 15 is 0 Å². The first-order valence-corrected chi connectivity index (χ1v) is 6.85. The zero-order valence-corrected chi connectivity index (χ0v) is 12.4. The first-order valence-electron chi connectivity index (χ1n) is 6.85. The highest BCUT2D eigenvalue weighted by molar-refractivity contribution is 6.64. The molecule has 0 unspecified atom stereocenters. The largest absolute Gasteiger partial charge is 0.512 e. The molecule has 0 fully saturated rings. The highest BCUT2D eigenvalue weighted by Gasteiger charge is 2.34. The molecule has 0 bridgehead atoms. The summed E-state index contributed by atoms with van der Waals surface area (Å²) in [6.45, 7) is 1.64. The number of anilines is 1. The Balaban J connectivity index is 2.04. The summed E-state index contributed by atoms with van der Waals surface area (Å²) in [5.74, 6) is -1.77. The molecule has 0 aliphatic rings. The van der Waals surface area contributed by atoms with E-state index in [1.165, 1.54) is 0 Å². The smallest absolute Gasteiger partial charge is 0.457 e. The number of esters is 1. The van der Waals surface area contributed by atoms with Crippen LogP contribution < -0.4 is 5.32 Å². The van der Waals surface area contributed by atoms with Gasteiger partial charge in [-0.2, -0.15) is 0 Å². The standard InChI is InChI=1S/C13H10N8O3/c1-2-24-13(23)9(16-14)12(22)15-10-7-5-3-4-6-8(7)11-17-19-20-21(11)18-10/h3-6H,2H2,1H3,(H-,14,15,18,22,23)/p+1. The molecular formula is C13H11N8O3+. The van der Waals surface area contributed by atoms with Gasteiger partial charge in [0.1, 0.15) is 0 Å². The lowest BCUT2D eigenvalue weighted by Gasteiger charge is -2.05. The van der Waals surface area contributed by atoms with Crippen molar-refractivity contribution in [2.75, 3.05) is 11.9 Å². The molecule has 1 amide bonds. The maximum atomic E-state index is 12.2. The lowest BCUT2D eigenvalue weighted by molar-refractivity contribution is -0.155. The second-order valence-corrected chi connectivity index (χ2v) is 4.52. The van der Waals surface area contributed by atoms with E-state index in [0.717, 1.165) is 4.63 Å². The van der Waals surface area contributed by atoms with Gasteiger partial charge in [-0.1, -0.05) is 24.3 Å². The molecule has 2 heterocycles. The van der Waals surface area contributed by atoms with Gasteiger partial charge in [-0.05, 0) is 17.4 Å². The Hall–Kier alpha value is -3.72. The number of carbonyl (C=O) groups is 2. The third-order valence-corrected chi connectivity index (χ3v) is 3.10. The van der Waals surface area contributed by atoms with E-state index in [1.54, 1.807) is 31.2 Å². The molecule has 0 atom stereocenters. The molecule has 2 aromatic heterocycles. The zero-order valence-electron chi connectivity index (χ0n) is 12.4. The number of amides is 1. The monoisotopic (exact) mass is 327 g/mol. The van der Waals surface area contributed by atoms with E-state index in [4.69, 9.17) is 10.3 Å². The Kier molecular flexibility index (Phi) is 3.91. The van der Waals surface area contributed by atoms with Gasteiger partial charge in [-0.25, -0.2) is 4.79 Å². The number of aromatic nitrogens is 5. The van der Waals surface area contributed by atoms with Crippen molar-refractivity contribution < 1.29 is 19.1 Å². The molecule has 11 nitrogen and oxygen atoms in total. The van der Waals surface area contributed by atoms with Crippen LogP contribution >= 0.6 is 0 Å². The van der Waals surface area contributed by atoms with Crippen LogP contribution in [-0.2, 0) is 14.3 Å². The number of ether oxygens (including phenoxy) is 1. The summed E-state index contributed by atoms with van der Waals surface area (Å²) in [5, 5.41) is 18.9. The summed E-state index contributed by atoms with van der Waals surface area (Å²) < 4.78 is 5.84. The third-order valence-electron chi connectivity index (χ3n) is 3.10. The fourth-order valence-electron chi connectivity index (χ4n) is 2.09. The van der Waals surface area contributed by atoms with Crippen molar-refractivity contribution in [1.82, 2.24) is 25.3 Å². The lowest BCUT2D eigenvalue weighted by Crippen LogP contribution is -2.33. The summed E-state index contributed by atoms with van der Waals surface area (Å²) in [4.78, 5) is 26.8. The Morgan fingerprint density at radius 3 is 2.79 bits per heavy atom. The fourth-order valence-corrected chi connectivity index (χ4v) is 2.09. The topological polar surface area (TPSA) is 149 Å². The Bertz CT molecular complexity index is 1000. The van der Waals surface area contributed by atoms with Crippen molar-refractivity contribution >= 4 is 39.8 Å². The Morgan fingerprint density at radius 2 is 2.08 bits per heavy atom. The molecule has 0 saturated carbocycles. The first-order chi connectivity index (χ1) is 11.7. The number of tetrazole rings is 1. The Labute approximate surface area is 133 Å². The minimum absolute atomic E-state index is 0.0584. The number of rotatable bonds is 4. The van der Waals surface area contributed by atoms with Crippen LogP contribution in [0.3, 0.4) is 0 Å². The molecule has 3 aromatic rings. The molecular weight excluding hydrogens is 316 g/mol. The summed E-state index contributed by atoms with van der Waals surface area (Å²) in [6.07, 6.45) is 0. The van der Waals surface area contributed by atoms with Crippen LogP contribution in [0.2, 0.25) is 0 Å². The van der Waals surface area contributed by atoms with Gasteiger partial charge >= 0.3 is 17.6 Å². The number of hydrogen-bond acceptors (Lipinski definition) is 8. The Morgan fingerprint density at radius 1 is 1.33 bits per heavy atom. The van der Waals surface area contributed by atoms with Gasteiger partial charge in [-0.15, -0.1) is 14.8 Å². The van der Waals surface area contributed by atoms with E-state index in [2.05, 4.69) is 30.7 Å².